The topological polar surface area (TPSA) is 38.3 Å². The highest BCUT2D eigenvalue weighted by atomic mass is 35.5. The van der Waals surface area contributed by atoms with E-state index in [9.17, 15) is 4.79 Å². The molecule has 1 atom stereocenters. The summed E-state index contributed by atoms with van der Waals surface area (Å²) in [6, 6.07) is 0. The lowest BCUT2D eigenvalue weighted by atomic mass is 9.96. The Morgan fingerprint density at radius 1 is 1.55 bits per heavy atom. The van der Waals surface area contributed by atoms with E-state index in [1.165, 1.54) is 0 Å². The second-order valence-electron chi connectivity index (χ2n) is 2.98. The fourth-order valence-electron chi connectivity index (χ4n) is 1.68. The van der Waals surface area contributed by atoms with E-state index in [-0.39, 0.29) is 17.9 Å². The molecule has 3 nitrogen and oxygen atoms in total. The van der Waals surface area contributed by atoms with Crippen molar-refractivity contribution in [3.63, 3.8) is 0 Å². The van der Waals surface area contributed by atoms with E-state index >= 15 is 0 Å². The molecular formula is C7H12ClNO2. The molecule has 64 valence electrons. The summed E-state index contributed by atoms with van der Waals surface area (Å²) >= 11 is 0. The van der Waals surface area contributed by atoms with Crippen molar-refractivity contribution in [1.82, 2.24) is 5.32 Å². The third-order valence-corrected chi connectivity index (χ3v) is 2.37. The highest BCUT2D eigenvalue weighted by Gasteiger charge is 2.44. The van der Waals surface area contributed by atoms with Gasteiger partial charge in [0.1, 0.15) is 5.54 Å². The number of hydrogen-bond donors (Lipinski definition) is 1. The number of carbonyl (C=O) groups excluding carboxylic acids is 1. The first-order valence-electron chi connectivity index (χ1n) is 3.70. The fraction of sp³-hybridized carbons (Fsp3) is 0.857. The van der Waals surface area contributed by atoms with Crippen LogP contribution in [0.1, 0.15) is 12.8 Å². The molecule has 11 heavy (non-hydrogen) atoms. The van der Waals surface area contributed by atoms with Crippen LogP contribution >= 0.6 is 12.4 Å². The maximum Gasteiger partial charge on any atom is 0.156 e. The first kappa shape index (κ1) is 8.97. The molecule has 2 heterocycles. The van der Waals surface area contributed by atoms with Crippen molar-refractivity contribution in [3.05, 3.63) is 0 Å². The first-order valence-corrected chi connectivity index (χ1v) is 3.70. The van der Waals surface area contributed by atoms with E-state index in [4.69, 9.17) is 4.74 Å². The molecule has 0 aliphatic carbocycles. The predicted molar refractivity (Wildman–Crippen MR) is 43.0 cm³/mol. The molecule has 1 spiro atoms. The van der Waals surface area contributed by atoms with E-state index < -0.39 is 0 Å². The molecule has 4 heteroatoms. The smallest absolute Gasteiger partial charge is 0.156 e. The standard InChI is InChI=1S/C7H11NO2.ClH/c9-6-1-3-8-7(6)2-4-10-5-7;/h8H,1-5H2;1H. The minimum atomic E-state index is -0.264. The van der Waals surface area contributed by atoms with Crippen molar-refractivity contribution in [2.45, 2.75) is 18.4 Å². The van der Waals surface area contributed by atoms with Crippen LogP contribution in [0.25, 0.3) is 0 Å². The molecule has 2 fully saturated rings. The van der Waals surface area contributed by atoms with Crippen molar-refractivity contribution in [1.29, 1.82) is 0 Å². The molecule has 2 rings (SSSR count). The van der Waals surface area contributed by atoms with Crippen LogP contribution in [-0.4, -0.2) is 31.1 Å². The van der Waals surface area contributed by atoms with Gasteiger partial charge in [0, 0.05) is 19.6 Å². The van der Waals surface area contributed by atoms with Gasteiger partial charge in [-0.05, 0) is 6.42 Å². The molecule has 0 amide bonds. The zero-order valence-electron chi connectivity index (χ0n) is 6.26. The quantitative estimate of drug-likeness (QED) is 0.572. The monoisotopic (exact) mass is 177 g/mol. The third-order valence-electron chi connectivity index (χ3n) is 2.37. The minimum Gasteiger partial charge on any atom is -0.379 e. The number of carbonyl (C=O) groups is 1. The van der Waals surface area contributed by atoms with Crippen molar-refractivity contribution in [3.8, 4) is 0 Å². The summed E-state index contributed by atoms with van der Waals surface area (Å²) in [4.78, 5) is 11.3. The van der Waals surface area contributed by atoms with E-state index in [1.54, 1.807) is 0 Å². The summed E-state index contributed by atoms with van der Waals surface area (Å²) in [5, 5.41) is 3.21. The maximum absolute atomic E-state index is 11.3. The Balaban J connectivity index is 0.000000605. The van der Waals surface area contributed by atoms with Crippen molar-refractivity contribution in [2.24, 2.45) is 0 Å². The summed E-state index contributed by atoms with van der Waals surface area (Å²) in [5.74, 6) is 0.338. The van der Waals surface area contributed by atoms with E-state index in [1.807, 2.05) is 0 Å². The molecule has 0 bridgehead atoms. The van der Waals surface area contributed by atoms with Gasteiger partial charge < -0.3 is 10.1 Å². The van der Waals surface area contributed by atoms with Crippen LogP contribution < -0.4 is 5.32 Å². The van der Waals surface area contributed by atoms with Gasteiger partial charge in [0.15, 0.2) is 5.78 Å². The summed E-state index contributed by atoms with van der Waals surface area (Å²) in [7, 11) is 0. The Morgan fingerprint density at radius 2 is 2.36 bits per heavy atom. The molecule has 0 aromatic heterocycles. The zero-order chi connectivity index (χ0) is 7.03. The third kappa shape index (κ3) is 1.28. The van der Waals surface area contributed by atoms with Crippen molar-refractivity contribution < 1.29 is 9.53 Å². The van der Waals surface area contributed by atoms with Gasteiger partial charge in [0.2, 0.25) is 0 Å². The molecule has 2 saturated heterocycles. The zero-order valence-corrected chi connectivity index (χ0v) is 7.08. The van der Waals surface area contributed by atoms with Crippen molar-refractivity contribution in [2.75, 3.05) is 19.8 Å². The van der Waals surface area contributed by atoms with E-state index in [2.05, 4.69) is 5.32 Å². The SMILES string of the molecule is Cl.O=C1CCNC12CCOC2. The number of ether oxygens (including phenoxy) is 1. The van der Waals surface area contributed by atoms with Gasteiger partial charge in [-0.3, -0.25) is 4.79 Å². The Labute approximate surface area is 71.9 Å². The number of nitrogens with one attached hydrogen (secondary N) is 1. The average molecular weight is 178 g/mol. The predicted octanol–water partition coefficient (Wildman–Crippen LogP) is 0.130. The second-order valence-corrected chi connectivity index (χ2v) is 2.98. The summed E-state index contributed by atoms with van der Waals surface area (Å²) in [5.41, 5.74) is -0.264. The lowest BCUT2D eigenvalue weighted by molar-refractivity contribution is -0.122. The van der Waals surface area contributed by atoms with Crippen LogP contribution in [0.4, 0.5) is 0 Å². The van der Waals surface area contributed by atoms with Gasteiger partial charge in [0.05, 0.1) is 6.61 Å². The van der Waals surface area contributed by atoms with Gasteiger partial charge in [-0.15, -0.1) is 12.4 Å². The Hall–Kier alpha value is -0.120. The molecule has 1 N–H and O–H groups in total. The fourth-order valence-corrected chi connectivity index (χ4v) is 1.68. The Morgan fingerprint density at radius 3 is 2.82 bits per heavy atom. The highest BCUT2D eigenvalue weighted by molar-refractivity contribution is 5.91. The van der Waals surface area contributed by atoms with Crippen LogP contribution in [0.2, 0.25) is 0 Å². The van der Waals surface area contributed by atoms with Gasteiger partial charge in [-0.1, -0.05) is 0 Å². The maximum atomic E-state index is 11.3. The van der Waals surface area contributed by atoms with E-state index in [0.29, 0.717) is 18.8 Å². The van der Waals surface area contributed by atoms with Gasteiger partial charge in [0.25, 0.3) is 0 Å². The number of hydrogen-bond acceptors (Lipinski definition) is 3. The van der Waals surface area contributed by atoms with Crippen LogP contribution in [0.15, 0.2) is 0 Å². The van der Waals surface area contributed by atoms with Crippen LogP contribution in [0.3, 0.4) is 0 Å². The number of halogens is 1. The van der Waals surface area contributed by atoms with Crippen LogP contribution in [-0.2, 0) is 9.53 Å². The summed E-state index contributed by atoms with van der Waals surface area (Å²) in [6.07, 6.45) is 1.55. The highest BCUT2D eigenvalue weighted by Crippen LogP contribution is 2.24. The lowest BCUT2D eigenvalue weighted by Crippen LogP contribution is -2.45. The summed E-state index contributed by atoms with van der Waals surface area (Å²) < 4.78 is 5.17. The van der Waals surface area contributed by atoms with Crippen LogP contribution in [0.5, 0.6) is 0 Å². The molecule has 1 unspecified atom stereocenters. The molecule has 0 aromatic carbocycles. The van der Waals surface area contributed by atoms with Crippen LogP contribution in [0, 0.1) is 0 Å². The Bertz CT molecular complexity index is 160. The number of rotatable bonds is 0. The number of Topliss-reactive ketones (excluding diaryl/α,β-unsaturated/α-hetero) is 1. The molecule has 0 aromatic rings. The molecule has 0 radical (unpaired) electrons. The van der Waals surface area contributed by atoms with Gasteiger partial charge >= 0.3 is 0 Å². The largest absolute Gasteiger partial charge is 0.379 e. The average Bonchev–Trinajstić information content (AvgIpc) is 2.48. The molecule has 0 saturated carbocycles. The summed E-state index contributed by atoms with van der Waals surface area (Å²) in [6.45, 7) is 2.16. The molecule has 2 aliphatic heterocycles. The van der Waals surface area contributed by atoms with Crippen molar-refractivity contribution >= 4 is 18.2 Å². The van der Waals surface area contributed by atoms with E-state index in [0.717, 1.165) is 19.6 Å². The minimum absolute atomic E-state index is 0. The van der Waals surface area contributed by atoms with Gasteiger partial charge in [-0.2, -0.15) is 0 Å². The molecular weight excluding hydrogens is 166 g/mol. The second kappa shape index (κ2) is 3.09. The Kier molecular flexibility index (Phi) is 2.52. The first-order chi connectivity index (χ1) is 4.83. The molecule has 2 aliphatic rings. The lowest BCUT2D eigenvalue weighted by Gasteiger charge is -2.18. The number of ketones is 1. The normalized spacial score (nSPS) is 36.2. The van der Waals surface area contributed by atoms with Gasteiger partial charge in [-0.25, -0.2) is 0 Å².